The monoisotopic (exact) mass is 421 g/mol. The molecule has 1 N–H and O–H groups in total. The van der Waals surface area contributed by atoms with Crippen LogP contribution in [0.1, 0.15) is 43.6 Å². The van der Waals surface area contributed by atoms with Gasteiger partial charge >= 0.3 is 6.18 Å². The van der Waals surface area contributed by atoms with E-state index in [1.165, 1.54) is 12.1 Å². The van der Waals surface area contributed by atoms with Gasteiger partial charge in [0.15, 0.2) is 0 Å². The first-order valence-electron chi connectivity index (χ1n) is 9.12. The summed E-state index contributed by atoms with van der Waals surface area (Å²) in [6.45, 7) is 4.35. The van der Waals surface area contributed by atoms with Crippen molar-refractivity contribution < 1.29 is 22.4 Å². The summed E-state index contributed by atoms with van der Waals surface area (Å²) in [6.07, 6.45) is -4.59. The lowest BCUT2D eigenvalue weighted by molar-refractivity contribution is -0.137. The molecular formula is C21H19F4N3O2. The Balaban J connectivity index is 2.11. The number of halogens is 4. The van der Waals surface area contributed by atoms with Crippen molar-refractivity contribution in [3.8, 4) is 0 Å². The molecule has 9 heteroatoms. The summed E-state index contributed by atoms with van der Waals surface area (Å²) in [5, 5.41) is -0.132. The summed E-state index contributed by atoms with van der Waals surface area (Å²) in [7, 11) is 0. The number of aromatic nitrogens is 2. The first kappa shape index (κ1) is 21.5. The first-order chi connectivity index (χ1) is 13.9. The van der Waals surface area contributed by atoms with Crippen LogP contribution in [0.25, 0.3) is 10.9 Å². The zero-order valence-corrected chi connectivity index (χ0v) is 16.4. The molecule has 0 saturated heterocycles. The SMILES string of the molecule is CC(C)c1nc2cc(C(F)(F)F)ccc2c(=O)n1NC(=O)[C@](C)(F)c1ccccc1. The van der Waals surface area contributed by atoms with Gasteiger partial charge < -0.3 is 0 Å². The van der Waals surface area contributed by atoms with E-state index in [2.05, 4.69) is 10.4 Å². The summed E-state index contributed by atoms with van der Waals surface area (Å²) in [4.78, 5) is 29.7. The van der Waals surface area contributed by atoms with Gasteiger partial charge in [0, 0.05) is 5.92 Å². The number of fused-ring (bicyclic) bond motifs is 1. The van der Waals surface area contributed by atoms with Gasteiger partial charge in [-0.05, 0) is 30.7 Å². The minimum Gasteiger partial charge on any atom is -0.269 e. The highest BCUT2D eigenvalue weighted by Gasteiger charge is 2.36. The van der Waals surface area contributed by atoms with Crippen LogP contribution >= 0.6 is 0 Å². The lowest BCUT2D eigenvalue weighted by Crippen LogP contribution is -2.43. The Kier molecular flexibility index (Phi) is 5.40. The van der Waals surface area contributed by atoms with Gasteiger partial charge in [0.2, 0.25) is 5.67 Å². The molecule has 0 bridgehead atoms. The third kappa shape index (κ3) is 3.92. The fourth-order valence-electron chi connectivity index (χ4n) is 2.96. The molecule has 1 aromatic heterocycles. The van der Waals surface area contributed by atoms with Gasteiger partial charge in [-0.25, -0.2) is 14.1 Å². The lowest BCUT2D eigenvalue weighted by Gasteiger charge is -2.23. The molecule has 1 atom stereocenters. The molecule has 2 aromatic carbocycles. The number of hydrogen-bond acceptors (Lipinski definition) is 3. The van der Waals surface area contributed by atoms with E-state index >= 15 is 4.39 Å². The number of hydrogen-bond donors (Lipinski definition) is 1. The minimum atomic E-state index is -4.59. The fraction of sp³-hybridized carbons (Fsp3) is 0.286. The summed E-state index contributed by atoms with van der Waals surface area (Å²) in [5.41, 5.74) is -2.02. The maximum Gasteiger partial charge on any atom is 0.416 e. The van der Waals surface area contributed by atoms with Crippen LogP contribution in [0, 0.1) is 0 Å². The van der Waals surface area contributed by atoms with Crippen LogP contribution in [0.5, 0.6) is 0 Å². The molecule has 3 aromatic rings. The number of nitrogens with zero attached hydrogens (tertiary/aromatic N) is 2. The Morgan fingerprint density at radius 2 is 1.67 bits per heavy atom. The maximum absolute atomic E-state index is 15.2. The van der Waals surface area contributed by atoms with Crippen molar-refractivity contribution >= 4 is 16.8 Å². The molecule has 1 amide bonds. The third-order valence-electron chi connectivity index (χ3n) is 4.69. The highest BCUT2D eigenvalue weighted by atomic mass is 19.4. The van der Waals surface area contributed by atoms with E-state index in [-0.39, 0.29) is 22.3 Å². The number of carbonyl (C=O) groups is 1. The van der Waals surface area contributed by atoms with Crippen molar-refractivity contribution in [2.45, 2.75) is 38.5 Å². The molecule has 0 unspecified atom stereocenters. The smallest absolute Gasteiger partial charge is 0.269 e. The molecular weight excluding hydrogens is 402 g/mol. The molecule has 30 heavy (non-hydrogen) atoms. The number of rotatable bonds is 4. The van der Waals surface area contributed by atoms with Gasteiger partial charge in [-0.1, -0.05) is 44.2 Å². The molecule has 0 aliphatic rings. The molecule has 5 nitrogen and oxygen atoms in total. The number of alkyl halides is 4. The molecule has 1 heterocycles. The Morgan fingerprint density at radius 3 is 2.23 bits per heavy atom. The van der Waals surface area contributed by atoms with E-state index < -0.39 is 34.8 Å². The summed E-state index contributed by atoms with van der Waals surface area (Å²) < 4.78 is 55.0. The van der Waals surface area contributed by atoms with Crippen molar-refractivity contribution in [1.82, 2.24) is 9.66 Å². The second kappa shape index (κ2) is 7.55. The number of nitrogens with one attached hydrogen (secondary N) is 1. The summed E-state index contributed by atoms with van der Waals surface area (Å²) in [6, 6.07) is 10.2. The summed E-state index contributed by atoms with van der Waals surface area (Å²) >= 11 is 0. The Hall–Kier alpha value is -3.23. The molecule has 0 aliphatic carbocycles. The quantitative estimate of drug-likeness (QED) is 0.632. The van der Waals surface area contributed by atoms with Crippen molar-refractivity contribution in [2.24, 2.45) is 0 Å². The topological polar surface area (TPSA) is 64.0 Å². The van der Waals surface area contributed by atoms with Gasteiger partial charge in [0.25, 0.3) is 11.5 Å². The first-order valence-corrected chi connectivity index (χ1v) is 9.12. The zero-order chi connectivity index (χ0) is 22.3. The number of amides is 1. The van der Waals surface area contributed by atoms with Crippen molar-refractivity contribution in [3.05, 3.63) is 75.8 Å². The van der Waals surface area contributed by atoms with Crippen molar-refractivity contribution in [1.29, 1.82) is 0 Å². The van der Waals surface area contributed by atoms with Crippen LogP contribution in [0.15, 0.2) is 53.3 Å². The average Bonchev–Trinajstić information content (AvgIpc) is 2.69. The third-order valence-corrected chi connectivity index (χ3v) is 4.69. The normalized spacial score (nSPS) is 14.0. The predicted molar refractivity (Wildman–Crippen MR) is 104 cm³/mol. The molecule has 0 radical (unpaired) electrons. The highest BCUT2D eigenvalue weighted by molar-refractivity contribution is 5.92. The molecule has 0 spiro atoms. The Labute approximate surface area is 169 Å². The number of benzene rings is 2. The fourth-order valence-corrected chi connectivity index (χ4v) is 2.96. The van der Waals surface area contributed by atoms with Gasteiger partial charge in [-0.2, -0.15) is 13.2 Å². The second-order valence-electron chi connectivity index (χ2n) is 7.30. The van der Waals surface area contributed by atoms with Crippen molar-refractivity contribution in [2.75, 3.05) is 5.43 Å². The lowest BCUT2D eigenvalue weighted by atomic mass is 9.97. The number of carbonyl (C=O) groups excluding carboxylic acids is 1. The van der Waals surface area contributed by atoms with Crippen LogP contribution in [0.4, 0.5) is 17.6 Å². The Bertz CT molecular complexity index is 1150. The Morgan fingerprint density at radius 1 is 1.03 bits per heavy atom. The van der Waals surface area contributed by atoms with Gasteiger partial charge in [-0.15, -0.1) is 0 Å². The van der Waals surface area contributed by atoms with E-state index in [1.54, 1.807) is 32.0 Å². The van der Waals surface area contributed by atoms with E-state index in [0.29, 0.717) is 0 Å². The van der Waals surface area contributed by atoms with Gasteiger partial charge in [0.1, 0.15) is 5.82 Å². The zero-order valence-electron chi connectivity index (χ0n) is 16.4. The molecule has 158 valence electrons. The second-order valence-corrected chi connectivity index (χ2v) is 7.30. The minimum absolute atomic E-state index is 0.00374. The van der Waals surface area contributed by atoms with Crippen LogP contribution in [-0.2, 0) is 16.6 Å². The van der Waals surface area contributed by atoms with Crippen molar-refractivity contribution in [3.63, 3.8) is 0 Å². The maximum atomic E-state index is 15.2. The molecule has 0 aliphatic heterocycles. The molecule has 3 rings (SSSR count). The van der Waals surface area contributed by atoms with E-state index in [4.69, 9.17) is 0 Å². The van der Waals surface area contributed by atoms with Crippen LogP contribution in [-0.4, -0.2) is 15.6 Å². The van der Waals surface area contributed by atoms with E-state index in [1.807, 2.05) is 0 Å². The van der Waals surface area contributed by atoms with E-state index in [0.717, 1.165) is 29.8 Å². The van der Waals surface area contributed by atoms with E-state index in [9.17, 15) is 22.8 Å². The molecule has 0 fully saturated rings. The summed E-state index contributed by atoms with van der Waals surface area (Å²) in [5.74, 6) is -1.55. The van der Waals surface area contributed by atoms with Crippen LogP contribution in [0.3, 0.4) is 0 Å². The molecule has 0 saturated carbocycles. The standard InChI is InChI=1S/C21H19F4N3O2/c1-12(2)17-26-16-11-14(21(23,24)25)9-10-15(16)18(29)28(17)27-19(30)20(3,22)13-7-5-4-6-8-13/h4-12H,1-3H3,(H,27,30)/t20-/m1/s1. The van der Waals surface area contributed by atoms with Gasteiger partial charge in [-0.3, -0.25) is 15.0 Å². The largest absolute Gasteiger partial charge is 0.416 e. The van der Waals surface area contributed by atoms with Crippen LogP contribution in [0.2, 0.25) is 0 Å². The predicted octanol–water partition coefficient (Wildman–Crippen LogP) is 4.49. The van der Waals surface area contributed by atoms with Gasteiger partial charge in [0.05, 0.1) is 16.5 Å². The average molecular weight is 421 g/mol. The van der Waals surface area contributed by atoms with Crippen LogP contribution < -0.4 is 11.0 Å². The highest BCUT2D eigenvalue weighted by Crippen LogP contribution is 2.31.